The molecule has 1 aliphatic heterocycles. The van der Waals surface area contributed by atoms with Crippen molar-refractivity contribution in [1.29, 1.82) is 0 Å². The van der Waals surface area contributed by atoms with Gasteiger partial charge in [0.05, 0.1) is 12.6 Å². The van der Waals surface area contributed by atoms with Gasteiger partial charge in [0.1, 0.15) is 5.60 Å². The van der Waals surface area contributed by atoms with E-state index in [1.165, 1.54) is 6.92 Å². The van der Waals surface area contributed by atoms with Crippen LogP contribution in [-0.2, 0) is 14.3 Å². The van der Waals surface area contributed by atoms with Gasteiger partial charge in [0, 0.05) is 26.2 Å². The molecule has 134 valence electrons. The lowest BCUT2D eigenvalue weighted by Gasteiger charge is -2.36. The lowest BCUT2D eigenvalue weighted by Crippen LogP contribution is -2.55. The van der Waals surface area contributed by atoms with E-state index in [9.17, 15) is 14.7 Å². The van der Waals surface area contributed by atoms with Crippen molar-refractivity contribution in [2.75, 3.05) is 39.8 Å². The molecule has 0 aliphatic carbocycles. The molecule has 0 aromatic heterocycles. The average molecular weight is 329 g/mol. The molecule has 0 unspecified atom stereocenters. The Morgan fingerprint density at radius 3 is 2.17 bits per heavy atom. The van der Waals surface area contributed by atoms with Crippen LogP contribution < -0.4 is 5.32 Å². The van der Waals surface area contributed by atoms with E-state index in [4.69, 9.17) is 4.74 Å². The lowest BCUT2D eigenvalue weighted by atomic mass is 10.1. The van der Waals surface area contributed by atoms with Crippen LogP contribution in [0.3, 0.4) is 0 Å². The second-order valence-electron chi connectivity index (χ2n) is 7.51. The van der Waals surface area contributed by atoms with Crippen LogP contribution in [0.15, 0.2) is 0 Å². The van der Waals surface area contributed by atoms with E-state index in [-0.39, 0.29) is 18.5 Å². The van der Waals surface area contributed by atoms with Gasteiger partial charge in [-0.15, -0.1) is 0 Å². The van der Waals surface area contributed by atoms with E-state index in [0.29, 0.717) is 0 Å². The topological polar surface area (TPSA) is 82.1 Å². The van der Waals surface area contributed by atoms with Crippen molar-refractivity contribution in [3.63, 3.8) is 0 Å². The first-order valence-corrected chi connectivity index (χ1v) is 8.08. The maximum Gasteiger partial charge on any atom is 0.340 e. The number of hydrogen-bond acceptors (Lipinski definition) is 6. The molecule has 2 N–H and O–H groups in total. The van der Waals surface area contributed by atoms with Crippen LogP contribution in [0.5, 0.6) is 0 Å². The van der Waals surface area contributed by atoms with Gasteiger partial charge in [0.25, 0.3) is 0 Å². The van der Waals surface area contributed by atoms with Crippen LogP contribution in [0.1, 0.15) is 34.6 Å². The Morgan fingerprint density at radius 2 is 1.70 bits per heavy atom. The SMILES string of the molecule is C[C@@H](C(=O)NC[C@@](C)(O)C(=O)OC(C)(C)C)N1CCN(C)CC1. The summed E-state index contributed by atoms with van der Waals surface area (Å²) in [4.78, 5) is 28.5. The van der Waals surface area contributed by atoms with Crippen molar-refractivity contribution in [2.24, 2.45) is 0 Å². The molecule has 7 nitrogen and oxygen atoms in total. The first kappa shape index (κ1) is 19.9. The first-order valence-electron chi connectivity index (χ1n) is 8.08. The number of aliphatic hydroxyl groups is 1. The van der Waals surface area contributed by atoms with E-state index in [0.717, 1.165) is 26.2 Å². The molecule has 0 spiro atoms. The van der Waals surface area contributed by atoms with Crippen molar-refractivity contribution in [1.82, 2.24) is 15.1 Å². The number of esters is 1. The highest BCUT2D eigenvalue weighted by Gasteiger charge is 2.36. The van der Waals surface area contributed by atoms with Crippen LogP contribution in [0.4, 0.5) is 0 Å². The summed E-state index contributed by atoms with van der Waals surface area (Å²) in [6, 6.07) is -0.293. The van der Waals surface area contributed by atoms with E-state index >= 15 is 0 Å². The lowest BCUT2D eigenvalue weighted by molar-refractivity contribution is -0.175. The van der Waals surface area contributed by atoms with Crippen molar-refractivity contribution in [3.05, 3.63) is 0 Å². The van der Waals surface area contributed by atoms with Gasteiger partial charge in [-0.2, -0.15) is 0 Å². The largest absolute Gasteiger partial charge is 0.458 e. The van der Waals surface area contributed by atoms with Gasteiger partial charge in [-0.05, 0) is 41.7 Å². The molecular weight excluding hydrogens is 298 g/mol. The monoisotopic (exact) mass is 329 g/mol. The number of carbonyl (C=O) groups is 2. The van der Waals surface area contributed by atoms with Crippen LogP contribution in [0, 0.1) is 0 Å². The predicted octanol–water partition coefficient (Wildman–Crippen LogP) is -0.169. The second kappa shape index (κ2) is 7.59. The molecule has 1 saturated heterocycles. The minimum atomic E-state index is -1.75. The number of ether oxygens (including phenoxy) is 1. The Labute approximate surface area is 139 Å². The maximum absolute atomic E-state index is 12.2. The smallest absolute Gasteiger partial charge is 0.340 e. The zero-order chi connectivity index (χ0) is 17.8. The van der Waals surface area contributed by atoms with Gasteiger partial charge in [-0.3, -0.25) is 9.69 Å². The standard InChI is InChI=1S/C16H31N3O4/c1-12(19-9-7-18(6)8-10-19)13(20)17-11-16(5,22)14(21)23-15(2,3)4/h12,22H,7-11H2,1-6H3,(H,17,20)/t12-,16+/m0/s1. The number of rotatable bonds is 5. The summed E-state index contributed by atoms with van der Waals surface area (Å²) >= 11 is 0. The summed E-state index contributed by atoms with van der Waals surface area (Å²) in [6.45, 7) is 11.7. The summed E-state index contributed by atoms with van der Waals surface area (Å²) in [5.74, 6) is -0.934. The molecule has 1 heterocycles. The van der Waals surface area contributed by atoms with Crippen LogP contribution in [-0.4, -0.2) is 83.8 Å². The number of nitrogens with zero attached hydrogens (tertiary/aromatic N) is 2. The van der Waals surface area contributed by atoms with Gasteiger partial charge in [0.2, 0.25) is 5.91 Å². The number of piperazine rings is 1. The normalized spacial score (nSPS) is 21.3. The van der Waals surface area contributed by atoms with Crippen molar-refractivity contribution in [2.45, 2.75) is 51.9 Å². The Bertz CT molecular complexity index is 424. The third-order valence-electron chi connectivity index (χ3n) is 3.91. The average Bonchev–Trinajstić information content (AvgIpc) is 2.43. The second-order valence-corrected chi connectivity index (χ2v) is 7.51. The first-order chi connectivity index (χ1) is 10.4. The molecule has 1 rings (SSSR count). The fourth-order valence-electron chi connectivity index (χ4n) is 2.24. The minimum Gasteiger partial charge on any atom is -0.458 e. The molecule has 1 aliphatic rings. The van der Waals surface area contributed by atoms with Crippen molar-refractivity contribution >= 4 is 11.9 Å². The van der Waals surface area contributed by atoms with Crippen LogP contribution in [0.25, 0.3) is 0 Å². The Balaban J connectivity index is 2.49. The Morgan fingerprint density at radius 1 is 1.17 bits per heavy atom. The molecule has 2 atom stereocenters. The molecule has 0 saturated carbocycles. The number of likely N-dealkylation sites (N-methyl/N-ethyl adjacent to an activating group) is 1. The zero-order valence-corrected chi connectivity index (χ0v) is 15.2. The van der Waals surface area contributed by atoms with E-state index in [1.807, 2.05) is 6.92 Å². The third kappa shape index (κ3) is 6.45. The summed E-state index contributed by atoms with van der Waals surface area (Å²) in [6.07, 6.45) is 0. The summed E-state index contributed by atoms with van der Waals surface area (Å²) in [5, 5.41) is 12.9. The Hall–Kier alpha value is -1.18. The van der Waals surface area contributed by atoms with Crippen molar-refractivity contribution < 1.29 is 19.4 Å². The molecule has 0 aromatic rings. The van der Waals surface area contributed by atoms with Crippen LogP contribution in [0.2, 0.25) is 0 Å². The van der Waals surface area contributed by atoms with E-state index < -0.39 is 17.2 Å². The van der Waals surface area contributed by atoms with E-state index in [2.05, 4.69) is 22.2 Å². The fraction of sp³-hybridized carbons (Fsp3) is 0.875. The molecule has 7 heteroatoms. The molecule has 0 bridgehead atoms. The molecular formula is C16H31N3O4. The highest BCUT2D eigenvalue weighted by Crippen LogP contribution is 2.14. The number of hydrogen-bond donors (Lipinski definition) is 2. The number of carbonyl (C=O) groups excluding carboxylic acids is 2. The quantitative estimate of drug-likeness (QED) is 0.682. The number of amides is 1. The fourth-order valence-corrected chi connectivity index (χ4v) is 2.24. The van der Waals surface area contributed by atoms with E-state index in [1.54, 1.807) is 20.8 Å². The van der Waals surface area contributed by atoms with Gasteiger partial charge in [-0.1, -0.05) is 0 Å². The molecule has 1 fully saturated rings. The van der Waals surface area contributed by atoms with Gasteiger partial charge in [0.15, 0.2) is 5.60 Å². The highest BCUT2D eigenvalue weighted by molar-refractivity contribution is 5.84. The van der Waals surface area contributed by atoms with Crippen LogP contribution >= 0.6 is 0 Å². The predicted molar refractivity (Wildman–Crippen MR) is 88.0 cm³/mol. The molecule has 23 heavy (non-hydrogen) atoms. The Kier molecular flexibility index (Phi) is 6.56. The van der Waals surface area contributed by atoms with Gasteiger partial charge in [-0.25, -0.2) is 4.79 Å². The number of nitrogens with one attached hydrogen (secondary N) is 1. The molecule has 1 amide bonds. The summed E-state index contributed by atoms with van der Waals surface area (Å²) < 4.78 is 5.17. The molecule has 0 aromatic carbocycles. The highest BCUT2D eigenvalue weighted by atomic mass is 16.6. The van der Waals surface area contributed by atoms with Gasteiger partial charge < -0.3 is 20.1 Å². The summed E-state index contributed by atoms with van der Waals surface area (Å²) in [5.41, 5.74) is -2.43. The minimum absolute atomic E-state index is 0.168. The maximum atomic E-state index is 12.2. The van der Waals surface area contributed by atoms with Crippen molar-refractivity contribution in [3.8, 4) is 0 Å². The van der Waals surface area contributed by atoms with Gasteiger partial charge >= 0.3 is 5.97 Å². The summed E-state index contributed by atoms with van der Waals surface area (Å²) in [7, 11) is 2.06. The molecule has 0 radical (unpaired) electrons. The zero-order valence-electron chi connectivity index (χ0n) is 15.2. The third-order valence-corrected chi connectivity index (χ3v) is 3.91.